The fourth-order valence-corrected chi connectivity index (χ4v) is 2.81. The summed E-state index contributed by atoms with van der Waals surface area (Å²) in [5, 5.41) is 13.5. The molecule has 0 radical (unpaired) electrons. The summed E-state index contributed by atoms with van der Waals surface area (Å²) in [5.74, 6) is 0.195. The summed E-state index contributed by atoms with van der Waals surface area (Å²) in [6.07, 6.45) is 3.51. The molecule has 0 spiro atoms. The van der Waals surface area contributed by atoms with Crippen LogP contribution in [0.4, 0.5) is 11.4 Å². The zero-order chi connectivity index (χ0) is 16.1. The van der Waals surface area contributed by atoms with Gasteiger partial charge in [0.05, 0.1) is 36.4 Å². The van der Waals surface area contributed by atoms with Gasteiger partial charge in [-0.15, -0.1) is 0 Å². The van der Waals surface area contributed by atoms with Gasteiger partial charge in [0, 0.05) is 6.07 Å². The zero-order valence-electron chi connectivity index (χ0n) is 12.9. The van der Waals surface area contributed by atoms with Gasteiger partial charge in [-0.3, -0.25) is 14.9 Å². The molecule has 120 valence electrons. The molecule has 2 N–H and O–H groups in total. The first-order valence-corrected chi connectivity index (χ1v) is 7.48. The first kappa shape index (κ1) is 16.2. The van der Waals surface area contributed by atoms with Crippen molar-refractivity contribution in [1.82, 2.24) is 0 Å². The van der Waals surface area contributed by atoms with E-state index in [4.69, 9.17) is 4.74 Å². The number of hydrogen-bond acceptors (Lipinski definition) is 4. The third kappa shape index (κ3) is 3.94. The second-order valence-corrected chi connectivity index (χ2v) is 5.67. The molecule has 1 aliphatic heterocycles. The highest BCUT2D eigenvalue weighted by atomic mass is 16.6. The molecule has 1 amide bonds. The van der Waals surface area contributed by atoms with Gasteiger partial charge in [0.25, 0.3) is 11.6 Å². The molecular formula is C15H22N3O4+. The summed E-state index contributed by atoms with van der Waals surface area (Å²) in [6.45, 7) is 3.57. The van der Waals surface area contributed by atoms with Crippen molar-refractivity contribution in [2.75, 3.05) is 25.5 Å². The molecule has 22 heavy (non-hydrogen) atoms. The van der Waals surface area contributed by atoms with Gasteiger partial charge in [-0.05, 0) is 32.3 Å². The maximum atomic E-state index is 12.2. The Morgan fingerprint density at radius 3 is 2.91 bits per heavy atom. The number of carbonyl (C=O) groups is 1. The van der Waals surface area contributed by atoms with Crippen LogP contribution in [-0.2, 0) is 4.79 Å². The van der Waals surface area contributed by atoms with E-state index in [1.54, 1.807) is 0 Å². The van der Waals surface area contributed by atoms with Crippen molar-refractivity contribution in [3.8, 4) is 5.75 Å². The molecule has 1 fully saturated rings. The number of non-ortho nitro benzene ring substituents is 1. The quantitative estimate of drug-likeness (QED) is 0.627. The maximum absolute atomic E-state index is 12.2. The van der Waals surface area contributed by atoms with E-state index in [-0.39, 0.29) is 11.6 Å². The van der Waals surface area contributed by atoms with Crippen LogP contribution in [0.2, 0.25) is 0 Å². The van der Waals surface area contributed by atoms with Crippen LogP contribution in [0.1, 0.15) is 26.2 Å². The van der Waals surface area contributed by atoms with Gasteiger partial charge < -0.3 is 15.0 Å². The van der Waals surface area contributed by atoms with E-state index >= 15 is 0 Å². The molecule has 7 nitrogen and oxygen atoms in total. The highest BCUT2D eigenvalue weighted by Gasteiger charge is 2.24. The number of carbonyl (C=O) groups excluding carboxylic acids is 1. The van der Waals surface area contributed by atoms with Crippen molar-refractivity contribution in [2.45, 2.75) is 32.2 Å². The topological polar surface area (TPSA) is 85.9 Å². The minimum Gasteiger partial charge on any atom is -0.494 e. The molecule has 1 unspecified atom stereocenters. The Morgan fingerprint density at radius 1 is 1.50 bits per heavy atom. The number of quaternary nitrogens is 1. The Morgan fingerprint density at radius 2 is 2.27 bits per heavy atom. The third-order valence-electron chi connectivity index (χ3n) is 4.14. The van der Waals surface area contributed by atoms with E-state index in [1.165, 1.54) is 36.6 Å². The summed E-state index contributed by atoms with van der Waals surface area (Å²) in [6, 6.07) is 4.66. The Balaban J connectivity index is 2.03. The van der Waals surface area contributed by atoms with Crippen LogP contribution in [-0.4, -0.2) is 37.1 Å². The standard InChI is InChI=1S/C15H21N3O4/c1-11-5-3-4-8-17(11)10-15(19)16-13-7-6-12(18(20)21)9-14(13)22-2/h6-7,9,11H,3-5,8,10H2,1-2H3,(H,16,19)/p+1/t11-/m1/s1. The van der Waals surface area contributed by atoms with E-state index in [0.717, 1.165) is 19.4 Å². The molecule has 1 aliphatic rings. The van der Waals surface area contributed by atoms with Crippen molar-refractivity contribution in [3.63, 3.8) is 0 Å². The zero-order valence-corrected chi connectivity index (χ0v) is 12.9. The van der Waals surface area contributed by atoms with Crippen LogP contribution >= 0.6 is 0 Å². The molecule has 0 aliphatic carbocycles. The van der Waals surface area contributed by atoms with Gasteiger partial charge in [-0.1, -0.05) is 0 Å². The van der Waals surface area contributed by atoms with Crippen LogP contribution in [0.3, 0.4) is 0 Å². The number of piperidine rings is 1. The molecule has 1 saturated heterocycles. The monoisotopic (exact) mass is 308 g/mol. The fourth-order valence-electron chi connectivity index (χ4n) is 2.81. The van der Waals surface area contributed by atoms with E-state index in [0.29, 0.717) is 24.0 Å². The summed E-state index contributed by atoms with van der Waals surface area (Å²) in [4.78, 5) is 23.7. The van der Waals surface area contributed by atoms with Crippen LogP contribution in [0.15, 0.2) is 18.2 Å². The van der Waals surface area contributed by atoms with Crippen LogP contribution < -0.4 is 15.0 Å². The number of methoxy groups -OCH3 is 1. The number of nitro benzene ring substituents is 1. The number of nitrogens with one attached hydrogen (secondary N) is 2. The van der Waals surface area contributed by atoms with Gasteiger partial charge in [0.15, 0.2) is 6.54 Å². The van der Waals surface area contributed by atoms with Crippen molar-refractivity contribution in [2.24, 2.45) is 0 Å². The molecule has 2 atom stereocenters. The van der Waals surface area contributed by atoms with Gasteiger partial charge >= 0.3 is 0 Å². The lowest BCUT2D eigenvalue weighted by molar-refractivity contribution is -0.920. The molecule has 2 rings (SSSR count). The molecule has 0 aromatic heterocycles. The minimum absolute atomic E-state index is 0.0647. The van der Waals surface area contributed by atoms with Gasteiger partial charge in [0.2, 0.25) is 0 Å². The van der Waals surface area contributed by atoms with Crippen LogP contribution in [0, 0.1) is 10.1 Å². The lowest BCUT2D eigenvalue weighted by atomic mass is 10.0. The Labute approximate surface area is 129 Å². The van der Waals surface area contributed by atoms with E-state index < -0.39 is 4.92 Å². The molecule has 7 heteroatoms. The Hall–Kier alpha value is -2.15. The summed E-state index contributed by atoms with van der Waals surface area (Å²) in [7, 11) is 1.42. The van der Waals surface area contributed by atoms with Crippen LogP contribution in [0.25, 0.3) is 0 Å². The predicted molar refractivity (Wildman–Crippen MR) is 82.3 cm³/mol. The third-order valence-corrected chi connectivity index (χ3v) is 4.14. The number of likely N-dealkylation sites (tertiary alicyclic amines) is 1. The van der Waals surface area contributed by atoms with Crippen molar-refractivity contribution in [1.29, 1.82) is 0 Å². The molecule has 0 saturated carbocycles. The number of nitrogens with zero attached hydrogens (tertiary/aromatic N) is 1. The highest BCUT2D eigenvalue weighted by molar-refractivity contribution is 5.93. The smallest absolute Gasteiger partial charge is 0.279 e. The second-order valence-electron chi connectivity index (χ2n) is 5.67. The van der Waals surface area contributed by atoms with Gasteiger partial charge in [-0.25, -0.2) is 0 Å². The number of rotatable bonds is 5. The second kappa shape index (κ2) is 7.22. The highest BCUT2D eigenvalue weighted by Crippen LogP contribution is 2.28. The van der Waals surface area contributed by atoms with Crippen LogP contribution in [0.5, 0.6) is 5.75 Å². The summed E-state index contributed by atoms with van der Waals surface area (Å²) in [5.41, 5.74) is 0.396. The number of anilines is 1. The first-order valence-electron chi connectivity index (χ1n) is 7.48. The molecular weight excluding hydrogens is 286 g/mol. The Bertz CT molecular complexity index is 562. The van der Waals surface area contributed by atoms with Crippen molar-refractivity contribution < 1.29 is 19.4 Å². The Kier molecular flexibility index (Phi) is 5.32. The number of hydrogen-bond donors (Lipinski definition) is 2. The van der Waals surface area contributed by atoms with E-state index in [9.17, 15) is 14.9 Å². The number of amides is 1. The average Bonchev–Trinajstić information content (AvgIpc) is 2.49. The van der Waals surface area contributed by atoms with E-state index in [1.807, 2.05) is 0 Å². The molecule has 1 aromatic rings. The fraction of sp³-hybridized carbons (Fsp3) is 0.533. The van der Waals surface area contributed by atoms with E-state index in [2.05, 4.69) is 12.2 Å². The maximum Gasteiger partial charge on any atom is 0.279 e. The molecule has 1 heterocycles. The molecule has 1 aromatic carbocycles. The number of ether oxygens (including phenoxy) is 1. The first-order chi connectivity index (χ1) is 10.5. The van der Waals surface area contributed by atoms with Crippen molar-refractivity contribution >= 4 is 17.3 Å². The average molecular weight is 308 g/mol. The predicted octanol–water partition coefficient (Wildman–Crippen LogP) is 0.999. The van der Waals surface area contributed by atoms with Gasteiger partial charge in [0.1, 0.15) is 5.75 Å². The number of nitro groups is 1. The lowest BCUT2D eigenvalue weighted by Crippen LogP contribution is -3.17. The SMILES string of the molecule is COc1cc([N+](=O)[O-])ccc1NC(=O)C[NH+]1CCCC[C@H]1C. The number of benzene rings is 1. The normalized spacial score (nSPS) is 21.2. The summed E-state index contributed by atoms with van der Waals surface area (Å²) < 4.78 is 5.12. The summed E-state index contributed by atoms with van der Waals surface area (Å²) >= 11 is 0. The largest absolute Gasteiger partial charge is 0.494 e. The molecule has 0 bridgehead atoms. The minimum atomic E-state index is -0.492. The lowest BCUT2D eigenvalue weighted by Gasteiger charge is -2.29. The van der Waals surface area contributed by atoms with Crippen molar-refractivity contribution in [3.05, 3.63) is 28.3 Å². The van der Waals surface area contributed by atoms with Gasteiger partial charge in [-0.2, -0.15) is 0 Å².